The summed E-state index contributed by atoms with van der Waals surface area (Å²) in [6.45, 7) is 0. The Labute approximate surface area is 157 Å². The third-order valence-electron chi connectivity index (χ3n) is 4.06. The van der Waals surface area contributed by atoms with Crippen LogP contribution < -0.4 is 5.32 Å². The summed E-state index contributed by atoms with van der Waals surface area (Å²) in [5.74, 6) is -2.70. The Morgan fingerprint density at radius 1 is 1.04 bits per heavy atom. The van der Waals surface area contributed by atoms with E-state index in [4.69, 9.17) is 16.0 Å². The Hall–Kier alpha value is -3.25. The van der Waals surface area contributed by atoms with Crippen molar-refractivity contribution in [2.24, 2.45) is 0 Å². The topological polar surface area (TPSA) is 55.1 Å². The molecule has 4 nitrogen and oxygen atoms in total. The molecular weight excluding hydrogens is 374 g/mol. The number of nitrogens with zero attached hydrogens (tertiary/aromatic N) is 1. The number of halogens is 3. The fraction of sp³-hybridized carbons (Fsp3) is 0. The summed E-state index contributed by atoms with van der Waals surface area (Å²) < 4.78 is 32.6. The summed E-state index contributed by atoms with van der Waals surface area (Å²) in [7, 11) is 0. The van der Waals surface area contributed by atoms with Gasteiger partial charge in [0.2, 0.25) is 0 Å². The Morgan fingerprint density at radius 2 is 1.74 bits per heavy atom. The second-order valence-electron chi connectivity index (χ2n) is 5.78. The maximum atomic E-state index is 13.7. The van der Waals surface area contributed by atoms with Crippen molar-refractivity contribution in [1.82, 2.24) is 4.98 Å². The summed E-state index contributed by atoms with van der Waals surface area (Å²) >= 11 is 6.29. The summed E-state index contributed by atoms with van der Waals surface area (Å²) in [5, 5.41) is 2.97. The fourth-order valence-corrected chi connectivity index (χ4v) is 3.00. The number of nitrogens with one attached hydrogen (secondary N) is 1. The summed E-state index contributed by atoms with van der Waals surface area (Å²) in [4.78, 5) is 16.3. The van der Waals surface area contributed by atoms with Crippen molar-refractivity contribution < 1.29 is 18.0 Å². The fourth-order valence-electron chi connectivity index (χ4n) is 2.74. The molecule has 0 aliphatic carbocycles. The molecule has 3 aromatic carbocycles. The lowest BCUT2D eigenvalue weighted by atomic mass is 10.0. The van der Waals surface area contributed by atoms with Crippen molar-refractivity contribution in [3.05, 3.63) is 83.2 Å². The van der Waals surface area contributed by atoms with Crippen LogP contribution in [0, 0.1) is 11.6 Å². The molecule has 0 atom stereocenters. The van der Waals surface area contributed by atoms with E-state index < -0.39 is 23.1 Å². The molecule has 27 heavy (non-hydrogen) atoms. The summed E-state index contributed by atoms with van der Waals surface area (Å²) in [5.41, 5.74) is 2.56. The molecule has 4 rings (SSSR count). The highest BCUT2D eigenvalue weighted by Crippen LogP contribution is 2.32. The van der Waals surface area contributed by atoms with Gasteiger partial charge in [0.1, 0.15) is 22.7 Å². The largest absolute Gasteiger partial charge is 0.443 e. The Bertz CT molecular complexity index is 1140. The van der Waals surface area contributed by atoms with Gasteiger partial charge in [0.15, 0.2) is 12.0 Å². The number of benzene rings is 3. The molecule has 1 aromatic heterocycles. The number of anilines is 1. The first-order chi connectivity index (χ1) is 13.0. The van der Waals surface area contributed by atoms with Crippen molar-refractivity contribution >= 4 is 34.3 Å². The van der Waals surface area contributed by atoms with Crippen molar-refractivity contribution in [3.8, 4) is 11.1 Å². The second-order valence-corrected chi connectivity index (χ2v) is 6.19. The van der Waals surface area contributed by atoms with E-state index in [0.29, 0.717) is 21.8 Å². The smallest absolute Gasteiger partial charge is 0.261 e. The predicted molar refractivity (Wildman–Crippen MR) is 98.8 cm³/mol. The Morgan fingerprint density at radius 3 is 2.44 bits per heavy atom. The Balaban J connectivity index is 1.60. The molecule has 0 radical (unpaired) electrons. The normalized spacial score (nSPS) is 10.9. The maximum absolute atomic E-state index is 13.7. The number of oxazole rings is 1. The van der Waals surface area contributed by atoms with Gasteiger partial charge in [-0.2, -0.15) is 0 Å². The molecule has 0 fully saturated rings. The van der Waals surface area contributed by atoms with Gasteiger partial charge >= 0.3 is 0 Å². The van der Waals surface area contributed by atoms with Crippen molar-refractivity contribution in [3.63, 3.8) is 0 Å². The lowest BCUT2D eigenvalue weighted by Crippen LogP contribution is -2.15. The van der Waals surface area contributed by atoms with Crippen LogP contribution >= 0.6 is 11.6 Å². The molecule has 1 N–H and O–H groups in total. The first-order valence-corrected chi connectivity index (χ1v) is 8.29. The third-order valence-corrected chi connectivity index (χ3v) is 4.38. The van der Waals surface area contributed by atoms with E-state index in [1.165, 1.54) is 12.5 Å². The average molecular weight is 385 g/mol. The highest BCUT2D eigenvalue weighted by Gasteiger charge is 2.17. The van der Waals surface area contributed by atoms with E-state index in [1.807, 2.05) is 0 Å². The lowest BCUT2D eigenvalue weighted by molar-refractivity contribution is 0.101. The summed E-state index contributed by atoms with van der Waals surface area (Å²) in [6.07, 6.45) is 1.34. The van der Waals surface area contributed by atoms with Gasteiger partial charge < -0.3 is 9.73 Å². The van der Waals surface area contributed by atoms with Crippen LogP contribution in [0.2, 0.25) is 5.02 Å². The SMILES string of the molecule is O=C(Nc1ccc(-c2cc3ncoc3cc2Cl)cc1)c1c(F)cccc1F. The number of carbonyl (C=O) groups excluding carboxylic acids is 1. The average Bonchev–Trinajstić information content (AvgIpc) is 3.09. The van der Waals surface area contributed by atoms with Gasteiger partial charge in [-0.05, 0) is 35.9 Å². The second kappa shape index (κ2) is 6.81. The number of hydrogen-bond donors (Lipinski definition) is 1. The molecule has 0 aliphatic rings. The van der Waals surface area contributed by atoms with Gasteiger partial charge in [0.25, 0.3) is 5.91 Å². The van der Waals surface area contributed by atoms with E-state index in [-0.39, 0.29) is 0 Å². The monoisotopic (exact) mass is 384 g/mol. The molecule has 0 saturated heterocycles. The highest BCUT2D eigenvalue weighted by molar-refractivity contribution is 6.34. The molecule has 7 heteroatoms. The van der Waals surface area contributed by atoms with Crippen molar-refractivity contribution in [2.75, 3.05) is 5.32 Å². The van der Waals surface area contributed by atoms with Gasteiger partial charge in [-0.1, -0.05) is 29.8 Å². The number of amides is 1. The minimum Gasteiger partial charge on any atom is -0.443 e. The van der Waals surface area contributed by atoms with Gasteiger partial charge in [-0.25, -0.2) is 13.8 Å². The zero-order valence-electron chi connectivity index (χ0n) is 13.7. The van der Waals surface area contributed by atoms with Crippen LogP contribution in [-0.2, 0) is 0 Å². The molecule has 0 bridgehead atoms. The number of fused-ring (bicyclic) bond motifs is 1. The van der Waals surface area contributed by atoms with Gasteiger partial charge in [0, 0.05) is 17.3 Å². The quantitative estimate of drug-likeness (QED) is 0.494. The third kappa shape index (κ3) is 3.27. The van der Waals surface area contributed by atoms with Crippen LogP contribution in [0.3, 0.4) is 0 Å². The number of rotatable bonds is 3. The minimum absolute atomic E-state index is 0.394. The maximum Gasteiger partial charge on any atom is 0.261 e. The van der Waals surface area contributed by atoms with Crippen LogP contribution in [0.15, 0.2) is 65.4 Å². The standard InChI is InChI=1S/C20H11ClF2N2O2/c21-14-9-18-17(24-10-27-18)8-13(14)11-4-6-12(7-5-11)25-20(26)19-15(22)2-1-3-16(19)23/h1-10H,(H,25,26). The Kier molecular flexibility index (Phi) is 4.33. The van der Waals surface area contributed by atoms with E-state index in [2.05, 4.69) is 10.3 Å². The number of hydrogen-bond acceptors (Lipinski definition) is 3. The van der Waals surface area contributed by atoms with Crippen LogP contribution in [0.25, 0.3) is 22.2 Å². The zero-order valence-corrected chi connectivity index (χ0v) is 14.4. The van der Waals surface area contributed by atoms with Crippen LogP contribution in [0.5, 0.6) is 0 Å². The van der Waals surface area contributed by atoms with Crippen LogP contribution in [0.4, 0.5) is 14.5 Å². The first-order valence-electron chi connectivity index (χ1n) is 7.91. The molecule has 0 aliphatic heterocycles. The molecule has 134 valence electrons. The molecule has 1 heterocycles. The molecule has 1 amide bonds. The first kappa shape index (κ1) is 17.2. The van der Waals surface area contributed by atoms with E-state index in [1.54, 1.807) is 36.4 Å². The van der Waals surface area contributed by atoms with E-state index >= 15 is 0 Å². The molecule has 4 aromatic rings. The summed E-state index contributed by atoms with van der Waals surface area (Å²) in [6, 6.07) is 13.4. The van der Waals surface area contributed by atoms with E-state index in [9.17, 15) is 13.6 Å². The van der Waals surface area contributed by atoms with Crippen LogP contribution in [0.1, 0.15) is 10.4 Å². The predicted octanol–water partition coefficient (Wildman–Crippen LogP) is 5.68. The molecule has 0 saturated carbocycles. The zero-order chi connectivity index (χ0) is 19.0. The van der Waals surface area contributed by atoms with Gasteiger partial charge in [0.05, 0.1) is 5.02 Å². The minimum atomic E-state index is -0.920. The van der Waals surface area contributed by atoms with Crippen molar-refractivity contribution in [2.45, 2.75) is 0 Å². The highest BCUT2D eigenvalue weighted by atomic mass is 35.5. The van der Waals surface area contributed by atoms with Gasteiger partial charge in [-0.3, -0.25) is 4.79 Å². The van der Waals surface area contributed by atoms with Gasteiger partial charge in [-0.15, -0.1) is 0 Å². The number of carbonyl (C=O) groups is 1. The molecular formula is C20H11ClF2N2O2. The molecule has 0 unspecified atom stereocenters. The lowest BCUT2D eigenvalue weighted by Gasteiger charge is -2.09. The van der Waals surface area contributed by atoms with E-state index in [0.717, 1.165) is 23.3 Å². The molecule has 0 spiro atoms. The van der Waals surface area contributed by atoms with Crippen molar-refractivity contribution in [1.29, 1.82) is 0 Å². The number of aromatic nitrogens is 1. The van der Waals surface area contributed by atoms with Crippen LogP contribution in [-0.4, -0.2) is 10.9 Å².